The number of nitrogens with zero attached hydrogens (tertiary/aromatic N) is 2. The van der Waals surface area contributed by atoms with Gasteiger partial charge in [0, 0.05) is 25.7 Å². The fourth-order valence-corrected chi connectivity index (χ4v) is 2.38. The molecule has 0 aromatic heterocycles. The lowest BCUT2D eigenvalue weighted by molar-refractivity contribution is 0.228. The fraction of sp³-hybridized carbons (Fsp3) is 0.562. The topological polar surface area (TPSA) is 36.9 Å². The molecule has 0 radical (unpaired) electrons. The first-order valence-electron chi connectivity index (χ1n) is 7.64. The Kier molecular flexibility index (Phi) is 8.52. The number of ether oxygens (including phenoxy) is 1. The molecule has 1 N–H and O–H groups in total. The first kappa shape index (κ1) is 19.0. The van der Waals surface area contributed by atoms with Gasteiger partial charge in [0.05, 0.1) is 6.54 Å². The van der Waals surface area contributed by atoms with Crippen LogP contribution in [0.3, 0.4) is 0 Å². The molecule has 1 unspecified atom stereocenters. The monoisotopic (exact) mass is 421 g/mol. The van der Waals surface area contributed by atoms with Gasteiger partial charge in [0.25, 0.3) is 0 Å². The van der Waals surface area contributed by atoms with E-state index in [0.29, 0.717) is 12.3 Å². The third-order valence-electron chi connectivity index (χ3n) is 3.37. The SMILES string of the molecule is CCNC(=NCC(C)Oc1cccc(F)c1)N1CCCC1.I. The second-order valence-corrected chi connectivity index (χ2v) is 5.27. The molecule has 0 aliphatic carbocycles. The Balaban J connectivity index is 0.00000242. The lowest BCUT2D eigenvalue weighted by Gasteiger charge is -2.21. The van der Waals surface area contributed by atoms with Crippen molar-refractivity contribution < 1.29 is 9.13 Å². The van der Waals surface area contributed by atoms with Crippen molar-refractivity contribution in [2.24, 2.45) is 4.99 Å². The van der Waals surface area contributed by atoms with Gasteiger partial charge in [0.15, 0.2) is 5.96 Å². The Morgan fingerprint density at radius 2 is 2.14 bits per heavy atom. The molecule has 0 saturated carbocycles. The molecular formula is C16H25FIN3O. The molecule has 1 saturated heterocycles. The maximum Gasteiger partial charge on any atom is 0.194 e. The van der Waals surface area contributed by atoms with Crippen LogP contribution in [-0.4, -0.2) is 43.1 Å². The van der Waals surface area contributed by atoms with Gasteiger partial charge in [0.1, 0.15) is 17.7 Å². The minimum Gasteiger partial charge on any atom is -0.489 e. The van der Waals surface area contributed by atoms with Crippen molar-refractivity contribution >= 4 is 29.9 Å². The summed E-state index contributed by atoms with van der Waals surface area (Å²) < 4.78 is 18.8. The first-order valence-corrected chi connectivity index (χ1v) is 7.64. The number of rotatable bonds is 5. The molecule has 0 amide bonds. The number of halogens is 2. The number of nitrogens with one attached hydrogen (secondary N) is 1. The molecule has 1 fully saturated rings. The molecule has 1 heterocycles. The van der Waals surface area contributed by atoms with E-state index in [1.807, 2.05) is 6.92 Å². The first-order chi connectivity index (χ1) is 10.2. The second-order valence-electron chi connectivity index (χ2n) is 5.27. The van der Waals surface area contributed by atoms with E-state index in [4.69, 9.17) is 4.74 Å². The predicted molar refractivity (Wildman–Crippen MR) is 98.7 cm³/mol. The van der Waals surface area contributed by atoms with Gasteiger partial charge >= 0.3 is 0 Å². The van der Waals surface area contributed by atoms with E-state index >= 15 is 0 Å². The van der Waals surface area contributed by atoms with Crippen molar-refractivity contribution in [1.29, 1.82) is 0 Å². The van der Waals surface area contributed by atoms with Crippen LogP contribution in [0.1, 0.15) is 26.7 Å². The highest BCUT2D eigenvalue weighted by Crippen LogP contribution is 2.14. The predicted octanol–water partition coefficient (Wildman–Crippen LogP) is 3.27. The van der Waals surface area contributed by atoms with Gasteiger partial charge in [0.2, 0.25) is 0 Å². The lowest BCUT2D eigenvalue weighted by atomic mass is 10.3. The highest BCUT2D eigenvalue weighted by Gasteiger charge is 2.16. The van der Waals surface area contributed by atoms with E-state index in [-0.39, 0.29) is 35.9 Å². The maximum absolute atomic E-state index is 13.1. The van der Waals surface area contributed by atoms with Gasteiger partial charge in [-0.05, 0) is 38.8 Å². The smallest absolute Gasteiger partial charge is 0.194 e. The molecule has 4 nitrogen and oxygen atoms in total. The van der Waals surface area contributed by atoms with Crippen LogP contribution in [0.15, 0.2) is 29.3 Å². The van der Waals surface area contributed by atoms with Gasteiger partial charge in [-0.2, -0.15) is 0 Å². The van der Waals surface area contributed by atoms with Crippen molar-refractivity contribution in [3.63, 3.8) is 0 Å². The lowest BCUT2D eigenvalue weighted by Crippen LogP contribution is -2.40. The molecule has 6 heteroatoms. The normalized spacial score (nSPS) is 16.1. The average molecular weight is 421 g/mol. The van der Waals surface area contributed by atoms with E-state index in [1.165, 1.54) is 25.0 Å². The Hall–Kier alpha value is -1.05. The summed E-state index contributed by atoms with van der Waals surface area (Å²) in [4.78, 5) is 6.90. The molecule has 1 aromatic rings. The van der Waals surface area contributed by atoms with E-state index in [0.717, 1.165) is 25.6 Å². The van der Waals surface area contributed by atoms with Crippen LogP contribution in [0.2, 0.25) is 0 Å². The van der Waals surface area contributed by atoms with Crippen LogP contribution in [0.4, 0.5) is 4.39 Å². The molecular weight excluding hydrogens is 396 g/mol. The highest BCUT2D eigenvalue weighted by molar-refractivity contribution is 14.0. The zero-order chi connectivity index (χ0) is 15.1. The highest BCUT2D eigenvalue weighted by atomic mass is 127. The summed E-state index contributed by atoms with van der Waals surface area (Å²) in [6, 6.07) is 6.21. The summed E-state index contributed by atoms with van der Waals surface area (Å²) in [6.07, 6.45) is 2.35. The number of benzene rings is 1. The maximum atomic E-state index is 13.1. The van der Waals surface area contributed by atoms with E-state index < -0.39 is 0 Å². The average Bonchev–Trinajstić information content (AvgIpc) is 2.97. The van der Waals surface area contributed by atoms with Gasteiger partial charge < -0.3 is 15.0 Å². The molecule has 2 rings (SSSR count). The minimum atomic E-state index is -0.284. The largest absolute Gasteiger partial charge is 0.489 e. The standard InChI is InChI=1S/C16H24FN3O.HI/c1-3-18-16(20-9-4-5-10-20)19-12-13(2)21-15-8-6-7-14(17)11-15;/h6-8,11,13H,3-5,9-10,12H2,1-2H3,(H,18,19);1H. The van der Waals surface area contributed by atoms with Crippen LogP contribution in [0.5, 0.6) is 5.75 Å². The number of hydrogen-bond donors (Lipinski definition) is 1. The van der Waals surface area contributed by atoms with Crippen molar-refractivity contribution in [3.8, 4) is 5.75 Å². The van der Waals surface area contributed by atoms with Crippen molar-refractivity contribution in [3.05, 3.63) is 30.1 Å². The quantitative estimate of drug-likeness (QED) is 0.451. The Labute approximate surface area is 149 Å². The molecule has 22 heavy (non-hydrogen) atoms. The summed E-state index contributed by atoms with van der Waals surface area (Å²) >= 11 is 0. The Morgan fingerprint density at radius 1 is 1.41 bits per heavy atom. The van der Waals surface area contributed by atoms with Gasteiger partial charge in [-0.3, -0.25) is 0 Å². The van der Waals surface area contributed by atoms with Gasteiger partial charge in [-0.25, -0.2) is 9.38 Å². The summed E-state index contributed by atoms with van der Waals surface area (Å²) in [5, 5.41) is 3.31. The van der Waals surface area contributed by atoms with Crippen molar-refractivity contribution in [2.45, 2.75) is 32.8 Å². The fourth-order valence-electron chi connectivity index (χ4n) is 2.38. The Bertz CT molecular complexity index is 478. The number of guanidine groups is 1. The summed E-state index contributed by atoms with van der Waals surface area (Å²) in [5.74, 6) is 1.21. The Morgan fingerprint density at radius 3 is 2.77 bits per heavy atom. The van der Waals surface area contributed by atoms with Crippen LogP contribution in [0, 0.1) is 5.82 Å². The van der Waals surface area contributed by atoms with Gasteiger partial charge in [-0.1, -0.05) is 6.07 Å². The summed E-state index contributed by atoms with van der Waals surface area (Å²) in [6.45, 7) is 7.54. The van der Waals surface area contributed by atoms with Crippen molar-refractivity contribution in [2.75, 3.05) is 26.2 Å². The minimum absolute atomic E-state index is 0. The summed E-state index contributed by atoms with van der Waals surface area (Å²) in [5.41, 5.74) is 0. The van der Waals surface area contributed by atoms with Gasteiger partial charge in [-0.15, -0.1) is 24.0 Å². The zero-order valence-electron chi connectivity index (χ0n) is 13.2. The summed E-state index contributed by atoms with van der Waals surface area (Å²) in [7, 11) is 0. The number of likely N-dealkylation sites (tertiary alicyclic amines) is 1. The second kappa shape index (κ2) is 9.86. The zero-order valence-corrected chi connectivity index (χ0v) is 15.5. The molecule has 0 spiro atoms. The van der Waals surface area contributed by atoms with Crippen LogP contribution >= 0.6 is 24.0 Å². The van der Waals surface area contributed by atoms with E-state index in [9.17, 15) is 4.39 Å². The number of hydrogen-bond acceptors (Lipinski definition) is 2. The van der Waals surface area contributed by atoms with Crippen LogP contribution < -0.4 is 10.1 Å². The molecule has 1 aromatic carbocycles. The molecule has 1 aliphatic rings. The van der Waals surface area contributed by atoms with Crippen molar-refractivity contribution in [1.82, 2.24) is 10.2 Å². The molecule has 0 bridgehead atoms. The third-order valence-corrected chi connectivity index (χ3v) is 3.37. The van der Waals surface area contributed by atoms with Crippen LogP contribution in [-0.2, 0) is 0 Å². The van der Waals surface area contributed by atoms with E-state index in [2.05, 4.69) is 22.1 Å². The number of aliphatic imine (C=N–C) groups is 1. The molecule has 1 atom stereocenters. The van der Waals surface area contributed by atoms with E-state index in [1.54, 1.807) is 12.1 Å². The molecule has 1 aliphatic heterocycles. The van der Waals surface area contributed by atoms with Crippen LogP contribution in [0.25, 0.3) is 0 Å². The molecule has 124 valence electrons. The third kappa shape index (κ3) is 5.98.